The molecule has 0 bridgehead atoms. The zero-order chi connectivity index (χ0) is 15.4. The molecule has 0 amide bonds. The van der Waals surface area contributed by atoms with E-state index in [1.54, 1.807) is 6.33 Å². The Morgan fingerprint density at radius 1 is 1.14 bits per heavy atom. The first kappa shape index (κ1) is 15.7. The molecule has 22 heavy (non-hydrogen) atoms. The Morgan fingerprint density at radius 3 is 2.68 bits per heavy atom. The van der Waals surface area contributed by atoms with Crippen LogP contribution in [0.3, 0.4) is 0 Å². The first-order chi connectivity index (χ1) is 10.7. The van der Waals surface area contributed by atoms with Gasteiger partial charge in [-0.05, 0) is 39.9 Å². The van der Waals surface area contributed by atoms with E-state index in [1.165, 1.54) is 43.4 Å². The molecular weight excluding hydrogens is 274 g/mol. The van der Waals surface area contributed by atoms with Gasteiger partial charge in [0.1, 0.15) is 12.1 Å². The quantitative estimate of drug-likeness (QED) is 0.889. The molecule has 1 saturated carbocycles. The maximum absolute atomic E-state index is 4.54. The van der Waals surface area contributed by atoms with Gasteiger partial charge in [0.2, 0.25) is 0 Å². The minimum atomic E-state index is 0.277. The van der Waals surface area contributed by atoms with Gasteiger partial charge in [-0.25, -0.2) is 9.97 Å². The summed E-state index contributed by atoms with van der Waals surface area (Å²) in [5, 5.41) is 7.12. The highest BCUT2D eigenvalue weighted by atomic mass is 15.2. The smallest absolute Gasteiger partial charge is 0.132 e. The van der Waals surface area contributed by atoms with Gasteiger partial charge in [-0.3, -0.25) is 0 Å². The number of hydrogen-bond donors (Lipinski definition) is 2. The second kappa shape index (κ2) is 6.92. The normalized spacial score (nSPS) is 21.2. The summed E-state index contributed by atoms with van der Waals surface area (Å²) in [7, 11) is 4.44. The van der Waals surface area contributed by atoms with Gasteiger partial charge in [0.05, 0.1) is 5.69 Å². The zero-order valence-electron chi connectivity index (χ0n) is 14.0. The summed E-state index contributed by atoms with van der Waals surface area (Å²) < 4.78 is 0. The molecule has 1 aliphatic heterocycles. The van der Waals surface area contributed by atoms with Gasteiger partial charge in [0.25, 0.3) is 0 Å². The molecule has 0 saturated heterocycles. The van der Waals surface area contributed by atoms with Gasteiger partial charge in [0, 0.05) is 30.6 Å². The van der Waals surface area contributed by atoms with E-state index in [4.69, 9.17) is 0 Å². The summed E-state index contributed by atoms with van der Waals surface area (Å²) in [6.07, 6.45) is 10.4. The molecule has 1 aromatic rings. The number of aromatic nitrogens is 2. The average Bonchev–Trinajstić information content (AvgIpc) is 2.79. The minimum Gasteiger partial charge on any atom is -0.368 e. The Hall–Kier alpha value is -1.20. The van der Waals surface area contributed by atoms with E-state index in [9.17, 15) is 0 Å². The van der Waals surface area contributed by atoms with Gasteiger partial charge >= 0.3 is 0 Å². The van der Waals surface area contributed by atoms with Crippen LogP contribution in [0, 0.1) is 0 Å². The van der Waals surface area contributed by atoms with Crippen molar-refractivity contribution in [2.24, 2.45) is 0 Å². The van der Waals surface area contributed by atoms with Crippen molar-refractivity contribution in [3.8, 4) is 0 Å². The molecule has 2 heterocycles. The van der Waals surface area contributed by atoms with Crippen LogP contribution in [0.25, 0.3) is 0 Å². The minimum absolute atomic E-state index is 0.277. The molecule has 5 nitrogen and oxygen atoms in total. The van der Waals surface area contributed by atoms with Crippen molar-refractivity contribution in [1.29, 1.82) is 0 Å². The van der Waals surface area contributed by atoms with Crippen LogP contribution in [0.1, 0.15) is 43.4 Å². The molecule has 1 aromatic heterocycles. The van der Waals surface area contributed by atoms with Crippen LogP contribution < -0.4 is 10.6 Å². The maximum Gasteiger partial charge on any atom is 0.132 e. The molecule has 1 fully saturated rings. The highest BCUT2D eigenvalue weighted by molar-refractivity contribution is 5.47. The molecule has 122 valence electrons. The fraction of sp³-hybridized carbons (Fsp3) is 0.765. The number of hydrogen-bond acceptors (Lipinski definition) is 5. The first-order valence-corrected chi connectivity index (χ1v) is 8.66. The second-order valence-electron chi connectivity index (χ2n) is 6.93. The van der Waals surface area contributed by atoms with E-state index in [-0.39, 0.29) is 5.54 Å². The summed E-state index contributed by atoms with van der Waals surface area (Å²) >= 11 is 0. The van der Waals surface area contributed by atoms with Gasteiger partial charge < -0.3 is 15.5 Å². The topological polar surface area (TPSA) is 53.1 Å². The molecule has 0 unspecified atom stereocenters. The average molecular weight is 303 g/mol. The first-order valence-electron chi connectivity index (χ1n) is 8.66. The van der Waals surface area contributed by atoms with Crippen molar-refractivity contribution in [2.45, 2.75) is 50.5 Å². The van der Waals surface area contributed by atoms with Crippen LogP contribution in [-0.4, -0.2) is 54.1 Å². The van der Waals surface area contributed by atoms with E-state index in [0.717, 1.165) is 38.3 Å². The second-order valence-corrected chi connectivity index (χ2v) is 6.93. The van der Waals surface area contributed by atoms with Crippen LogP contribution >= 0.6 is 0 Å². The molecule has 3 rings (SSSR count). The summed E-state index contributed by atoms with van der Waals surface area (Å²) in [6, 6.07) is 0. The third-order valence-corrected chi connectivity index (χ3v) is 5.44. The van der Waals surface area contributed by atoms with Gasteiger partial charge in [-0.1, -0.05) is 19.3 Å². The molecule has 0 spiro atoms. The Bertz CT molecular complexity index is 494. The summed E-state index contributed by atoms with van der Waals surface area (Å²) in [6.45, 7) is 3.02. The fourth-order valence-electron chi connectivity index (χ4n) is 3.86. The van der Waals surface area contributed by atoms with Gasteiger partial charge in [0.15, 0.2) is 0 Å². The summed E-state index contributed by atoms with van der Waals surface area (Å²) in [4.78, 5) is 11.4. The SMILES string of the molecule is CN(C)C1(CNc2ncnc3c2CCNCC3)CCCCC1. The van der Waals surface area contributed by atoms with Crippen LogP contribution in [-0.2, 0) is 12.8 Å². The number of fused-ring (bicyclic) bond motifs is 1. The highest BCUT2D eigenvalue weighted by Gasteiger charge is 2.34. The lowest BCUT2D eigenvalue weighted by atomic mass is 9.80. The van der Waals surface area contributed by atoms with E-state index in [2.05, 4.69) is 39.6 Å². The molecule has 0 aromatic carbocycles. The monoisotopic (exact) mass is 303 g/mol. The Kier molecular flexibility index (Phi) is 4.93. The largest absolute Gasteiger partial charge is 0.368 e. The van der Waals surface area contributed by atoms with E-state index < -0.39 is 0 Å². The predicted octanol–water partition coefficient (Wildman–Crippen LogP) is 1.84. The van der Waals surface area contributed by atoms with E-state index in [1.807, 2.05) is 0 Å². The Morgan fingerprint density at radius 2 is 1.91 bits per heavy atom. The lowest BCUT2D eigenvalue weighted by Gasteiger charge is -2.43. The molecule has 0 atom stereocenters. The van der Waals surface area contributed by atoms with Crippen molar-refractivity contribution < 1.29 is 0 Å². The predicted molar refractivity (Wildman–Crippen MR) is 90.3 cm³/mol. The molecule has 2 N–H and O–H groups in total. The fourth-order valence-corrected chi connectivity index (χ4v) is 3.86. The van der Waals surface area contributed by atoms with Crippen molar-refractivity contribution in [3.05, 3.63) is 17.6 Å². The number of likely N-dealkylation sites (N-methyl/N-ethyl adjacent to an activating group) is 1. The lowest BCUT2D eigenvalue weighted by molar-refractivity contribution is 0.113. The van der Waals surface area contributed by atoms with E-state index in [0.29, 0.717) is 0 Å². The Balaban J connectivity index is 1.75. The third kappa shape index (κ3) is 3.25. The standard InChI is InChI=1S/C17H29N5/c1-22(2)17(8-4-3-5-9-17)12-19-16-14-6-10-18-11-7-15(14)20-13-21-16/h13,18H,3-12H2,1-2H3,(H,19,20,21). The molecule has 1 aliphatic carbocycles. The van der Waals surface area contributed by atoms with Gasteiger partial charge in [-0.2, -0.15) is 0 Å². The molecule has 2 aliphatic rings. The van der Waals surface area contributed by atoms with Crippen LogP contribution in [0.2, 0.25) is 0 Å². The van der Waals surface area contributed by atoms with Crippen molar-refractivity contribution >= 4 is 5.82 Å². The number of nitrogens with zero attached hydrogens (tertiary/aromatic N) is 3. The summed E-state index contributed by atoms with van der Waals surface area (Å²) in [5.74, 6) is 1.06. The molecule has 0 radical (unpaired) electrons. The summed E-state index contributed by atoms with van der Waals surface area (Å²) in [5.41, 5.74) is 2.81. The number of nitrogens with one attached hydrogen (secondary N) is 2. The van der Waals surface area contributed by atoms with Crippen molar-refractivity contribution in [3.63, 3.8) is 0 Å². The number of anilines is 1. The highest BCUT2D eigenvalue weighted by Crippen LogP contribution is 2.32. The molecular formula is C17H29N5. The lowest BCUT2D eigenvalue weighted by Crippen LogP contribution is -2.51. The van der Waals surface area contributed by atoms with Crippen molar-refractivity contribution in [2.75, 3.05) is 39.0 Å². The van der Waals surface area contributed by atoms with Gasteiger partial charge in [-0.15, -0.1) is 0 Å². The van der Waals surface area contributed by atoms with Crippen LogP contribution in [0.5, 0.6) is 0 Å². The van der Waals surface area contributed by atoms with E-state index >= 15 is 0 Å². The number of rotatable bonds is 4. The van der Waals surface area contributed by atoms with Crippen LogP contribution in [0.4, 0.5) is 5.82 Å². The Labute approximate surface area is 133 Å². The molecule has 5 heteroatoms. The maximum atomic E-state index is 4.54. The third-order valence-electron chi connectivity index (χ3n) is 5.44. The zero-order valence-corrected chi connectivity index (χ0v) is 14.0. The van der Waals surface area contributed by atoms with Crippen LogP contribution in [0.15, 0.2) is 6.33 Å². The van der Waals surface area contributed by atoms with Crippen molar-refractivity contribution in [1.82, 2.24) is 20.2 Å².